The van der Waals surface area contributed by atoms with Crippen LogP contribution in [0.4, 0.5) is 0 Å². The Morgan fingerprint density at radius 2 is 1.95 bits per heavy atom. The molecule has 2 aromatic rings. The lowest BCUT2D eigenvalue weighted by molar-refractivity contribution is 0.0558. The Morgan fingerprint density at radius 1 is 1.27 bits per heavy atom. The van der Waals surface area contributed by atoms with E-state index in [4.69, 9.17) is 11.6 Å². The number of halogens is 1. The molecule has 0 spiro atoms. The summed E-state index contributed by atoms with van der Waals surface area (Å²) in [6.45, 7) is 2.79. The SMILES string of the molecule is Cn1c(Cl)cnc1CN1CCC(C(O)c2ccccc2)CC1. The molecule has 0 bridgehead atoms. The molecule has 0 saturated carbocycles. The normalized spacial score (nSPS) is 18.5. The molecule has 5 heteroatoms. The number of nitrogens with zero attached hydrogens (tertiary/aromatic N) is 3. The number of likely N-dealkylation sites (tertiary alicyclic amines) is 1. The van der Waals surface area contributed by atoms with E-state index in [9.17, 15) is 5.11 Å². The van der Waals surface area contributed by atoms with Crippen molar-refractivity contribution in [2.24, 2.45) is 13.0 Å². The Balaban J connectivity index is 1.55. The number of imidazole rings is 1. The van der Waals surface area contributed by atoms with E-state index in [2.05, 4.69) is 9.88 Å². The summed E-state index contributed by atoms with van der Waals surface area (Å²) in [4.78, 5) is 6.73. The quantitative estimate of drug-likeness (QED) is 0.942. The molecule has 1 aliphatic rings. The molecule has 1 atom stereocenters. The summed E-state index contributed by atoms with van der Waals surface area (Å²) in [6.07, 6.45) is 3.36. The molecule has 3 rings (SSSR count). The summed E-state index contributed by atoms with van der Waals surface area (Å²) in [5.41, 5.74) is 1.02. The van der Waals surface area contributed by atoms with Gasteiger partial charge in [-0.1, -0.05) is 41.9 Å². The first kappa shape index (κ1) is 15.5. The Bertz CT molecular complexity index is 606. The van der Waals surface area contributed by atoms with Gasteiger partial charge in [-0.15, -0.1) is 0 Å². The van der Waals surface area contributed by atoms with Crippen LogP contribution < -0.4 is 0 Å². The van der Waals surface area contributed by atoms with Gasteiger partial charge in [0.2, 0.25) is 0 Å². The molecule has 118 valence electrons. The molecule has 22 heavy (non-hydrogen) atoms. The summed E-state index contributed by atoms with van der Waals surface area (Å²) >= 11 is 6.03. The van der Waals surface area contributed by atoms with Crippen LogP contribution in [0.25, 0.3) is 0 Å². The lowest BCUT2D eigenvalue weighted by Gasteiger charge is -2.34. The second-order valence-corrected chi connectivity index (χ2v) is 6.41. The van der Waals surface area contributed by atoms with Gasteiger partial charge >= 0.3 is 0 Å². The minimum Gasteiger partial charge on any atom is -0.388 e. The fraction of sp³-hybridized carbons (Fsp3) is 0.471. The zero-order valence-electron chi connectivity index (χ0n) is 12.8. The third-order valence-electron chi connectivity index (χ3n) is 4.61. The molecule has 1 aromatic heterocycles. The van der Waals surface area contributed by atoms with Crippen LogP contribution in [0, 0.1) is 5.92 Å². The third kappa shape index (κ3) is 3.35. The average Bonchev–Trinajstić information content (AvgIpc) is 2.88. The van der Waals surface area contributed by atoms with Crippen molar-refractivity contribution >= 4 is 11.6 Å². The van der Waals surface area contributed by atoms with Crippen molar-refractivity contribution in [3.05, 3.63) is 53.1 Å². The zero-order chi connectivity index (χ0) is 15.5. The fourth-order valence-corrected chi connectivity index (χ4v) is 3.27. The van der Waals surface area contributed by atoms with Gasteiger partial charge < -0.3 is 9.67 Å². The minimum absolute atomic E-state index is 0.337. The highest BCUT2D eigenvalue weighted by Gasteiger charge is 2.26. The minimum atomic E-state index is -0.356. The number of hydrogen-bond donors (Lipinski definition) is 1. The topological polar surface area (TPSA) is 41.3 Å². The Kier molecular flexibility index (Phi) is 4.81. The van der Waals surface area contributed by atoms with Crippen molar-refractivity contribution in [2.45, 2.75) is 25.5 Å². The van der Waals surface area contributed by atoms with Crippen LogP contribution in [0.2, 0.25) is 5.15 Å². The molecular formula is C17H22ClN3O. The second-order valence-electron chi connectivity index (χ2n) is 6.03. The third-order valence-corrected chi connectivity index (χ3v) is 4.96. The number of piperidine rings is 1. The van der Waals surface area contributed by atoms with E-state index in [1.54, 1.807) is 6.20 Å². The summed E-state index contributed by atoms with van der Waals surface area (Å²) in [7, 11) is 1.94. The van der Waals surface area contributed by atoms with E-state index in [0.717, 1.165) is 43.9 Å². The highest BCUT2D eigenvalue weighted by Crippen LogP contribution is 2.31. The molecule has 0 amide bonds. The smallest absolute Gasteiger partial charge is 0.128 e. The van der Waals surface area contributed by atoms with E-state index < -0.39 is 0 Å². The van der Waals surface area contributed by atoms with Crippen LogP contribution in [-0.4, -0.2) is 32.6 Å². The van der Waals surface area contributed by atoms with Crippen molar-refractivity contribution in [3.8, 4) is 0 Å². The molecule has 2 heterocycles. The summed E-state index contributed by atoms with van der Waals surface area (Å²) in [5.74, 6) is 1.33. The largest absolute Gasteiger partial charge is 0.388 e. The first-order valence-electron chi connectivity index (χ1n) is 7.76. The molecule has 1 saturated heterocycles. The Morgan fingerprint density at radius 3 is 2.55 bits per heavy atom. The maximum absolute atomic E-state index is 10.5. The summed E-state index contributed by atoms with van der Waals surface area (Å²) in [5, 5.41) is 11.2. The second kappa shape index (κ2) is 6.82. The van der Waals surface area contributed by atoms with Crippen LogP contribution in [0.3, 0.4) is 0 Å². The highest BCUT2D eigenvalue weighted by molar-refractivity contribution is 6.29. The molecule has 1 N–H and O–H groups in total. The lowest BCUT2D eigenvalue weighted by Crippen LogP contribution is -2.35. The fourth-order valence-electron chi connectivity index (χ4n) is 3.12. The molecule has 1 aromatic carbocycles. The van der Waals surface area contributed by atoms with Gasteiger partial charge in [0, 0.05) is 7.05 Å². The van der Waals surface area contributed by atoms with Gasteiger partial charge in [-0.05, 0) is 37.4 Å². The first-order chi connectivity index (χ1) is 10.6. The number of hydrogen-bond acceptors (Lipinski definition) is 3. The van der Waals surface area contributed by atoms with E-state index in [-0.39, 0.29) is 6.10 Å². The van der Waals surface area contributed by atoms with Crippen LogP contribution in [0.5, 0.6) is 0 Å². The predicted molar refractivity (Wildman–Crippen MR) is 87.6 cm³/mol. The maximum atomic E-state index is 10.5. The van der Waals surface area contributed by atoms with Gasteiger partial charge in [0.1, 0.15) is 11.0 Å². The number of benzene rings is 1. The first-order valence-corrected chi connectivity index (χ1v) is 8.14. The standard InChI is InChI=1S/C17H22ClN3O/c1-20-15(18)11-19-16(20)12-21-9-7-14(8-10-21)17(22)13-5-3-2-4-6-13/h2-6,11,14,17,22H,7-10,12H2,1H3. The molecule has 4 nitrogen and oxygen atoms in total. The monoisotopic (exact) mass is 319 g/mol. The zero-order valence-corrected chi connectivity index (χ0v) is 13.6. The number of aliphatic hydroxyl groups is 1. The van der Waals surface area contributed by atoms with Crippen LogP contribution in [0.15, 0.2) is 36.5 Å². The van der Waals surface area contributed by atoms with Gasteiger partial charge in [-0.25, -0.2) is 4.98 Å². The summed E-state index contributed by atoms with van der Waals surface area (Å²) in [6, 6.07) is 9.97. The van der Waals surface area contributed by atoms with Crippen molar-refractivity contribution in [3.63, 3.8) is 0 Å². The predicted octanol–water partition coefficient (Wildman–Crippen LogP) is 3.02. The molecule has 1 aliphatic heterocycles. The van der Waals surface area contributed by atoms with Gasteiger partial charge in [0.25, 0.3) is 0 Å². The maximum Gasteiger partial charge on any atom is 0.128 e. The average molecular weight is 320 g/mol. The van der Waals surface area contributed by atoms with E-state index in [0.29, 0.717) is 11.1 Å². The van der Waals surface area contributed by atoms with Crippen molar-refractivity contribution in [1.29, 1.82) is 0 Å². The van der Waals surface area contributed by atoms with Crippen LogP contribution in [0.1, 0.15) is 30.3 Å². The molecule has 0 radical (unpaired) electrons. The van der Waals surface area contributed by atoms with E-state index in [1.807, 2.05) is 41.9 Å². The summed E-state index contributed by atoms with van der Waals surface area (Å²) < 4.78 is 1.92. The number of aliphatic hydroxyl groups excluding tert-OH is 1. The Labute approximate surface area is 136 Å². The van der Waals surface area contributed by atoms with Crippen molar-refractivity contribution < 1.29 is 5.11 Å². The van der Waals surface area contributed by atoms with Gasteiger partial charge in [-0.2, -0.15) is 0 Å². The van der Waals surface area contributed by atoms with E-state index >= 15 is 0 Å². The molecule has 0 aliphatic carbocycles. The van der Waals surface area contributed by atoms with Gasteiger partial charge in [-0.3, -0.25) is 4.90 Å². The lowest BCUT2D eigenvalue weighted by atomic mass is 9.87. The number of aromatic nitrogens is 2. The van der Waals surface area contributed by atoms with Crippen molar-refractivity contribution in [2.75, 3.05) is 13.1 Å². The molecular weight excluding hydrogens is 298 g/mol. The van der Waals surface area contributed by atoms with E-state index in [1.165, 1.54) is 0 Å². The Hall–Kier alpha value is -1.36. The van der Waals surface area contributed by atoms with Gasteiger partial charge in [0.05, 0.1) is 18.8 Å². The molecule has 1 unspecified atom stereocenters. The van der Waals surface area contributed by atoms with Crippen LogP contribution >= 0.6 is 11.6 Å². The van der Waals surface area contributed by atoms with Crippen LogP contribution in [-0.2, 0) is 13.6 Å². The molecule has 1 fully saturated rings. The van der Waals surface area contributed by atoms with Crippen molar-refractivity contribution in [1.82, 2.24) is 14.5 Å². The highest BCUT2D eigenvalue weighted by atomic mass is 35.5. The van der Waals surface area contributed by atoms with Gasteiger partial charge in [0.15, 0.2) is 0 Å². The number of rotatable bonds is 4.